The van der Waals surface area contributed by atoms with Gasteiger partial charge in [-0.3, -0.25) is 9.11 Å². The van der Waals surface area contributed by atoms with Crippen LogP contribution in [0.1, 0.15) is 6.92 Å². The second-order valence-electron chi connectivity index (χ2n) is 3.89. The van der Waals surface area contributed by atoms with Crippen molar-refractivity contribution in [3.63, 3.8) is 0 Å². The first-order valence-electron chi connectivity index (χ1n) is 3.94. The monoisotopic (exact) mass is 261 g/mol. The molecular formula is C6H15NO6S2. The lowest BCUT2D eigenvalue weighted by Crippen LogP contribution is -2.49. The van der Waals surface area contributed by atoms with Crippen LogP contribution in [0.15, 0.2) is 0 Å². The van der Waals surface area contributed by atoms with Gasteiger partial charge < -0.3 is 4.90 Å². The normalized spacial score (nSPS) is 17.7. The number of hydrogen-bond donors (Lipinski definition) is 2. The molecule has 0 rings (SSSR count). The topological polar surface area (TPSA) is 112 Å². The van der Waals surface area contributed by atoms with Crippen molar-refractivity contribution in [1.82, 2.24) is 4.90 Å². The second-order valence-corrected chi connectivity index (χ2v) is 7.28. The first-order valence-corrected chi connectivity index (χ1v) is 6.99. The van der Waals surface area contributed by atoms with Gasteiger partial charge in [-0.1, -0.05) is 0 Å². The Morgan fingerprint density at radius 1 is 1.13 bits per heavy atom. The summed E-state index contributed by atoms with van der Waals surface area (Å²) in [6, 6.07) is 0. The Bertz CT molecular complexity index is 411. The molecule has 0 aromatic heterocycles. The summed E-state index contributed by atoms with van der Waals surface area (Å²) in [5, 5.41) is 0. The third-order valence-corrected chi connectivity index (χ3v) is 4.46. The zero-order valence-corrected chi connectivity index (χ0v) is 10.3. The molecule has 9 heteroatoms. The minimum atomic E-state index is -4.57. The molecular weight excluding hydrogens is 246 g/mol. The zero-order valence-electron chi connectivity index (χ0n) is 8.71. The predicted octanol–water partition coefficient (Wildman–Crippen LogP) is -0.918. The molecule has 0 saturated carbocycles. The van der Waals surface area contributed by atoms with Crippen molar-refractivity contribution >= 4 is 20.2 Å². The SMILES string of the molecule is CN(C)CC(C)(CS(=O)(=O)O)S(=O)(=O)O. The van der Waals surface area contributed by atoms with Crippen LogP contribution in [0.25, 0.3) is 0 Å². The summed E-state index contributed by atoms with van der Waals surface area (Å²) in [6.07, 6.45) is 0. The molecule has 0 spiro atoms. The van der Waals surface area contributed by atoms with Crippen LogP contribution < -0.4 is 0 Å². The van der Waals surface area contributed by atoms with Crippen molar-refractivity contribution in [3.05, 3.63) is 0 Å². The second kappa shape index (κ2) is 4.34. The van der Waals surface area contributed by atoms with E-state index in [1.807, 2.05) is 0 Å². The van der Waals surface area contributed by atoms with Crippen LogP contribution in [0.5, 0.6) is 0 Å². The molecule has 0 bridgehead atoms. The Morgan fingerprint density at radius 2 is 1.53 bits per heavy atom. The van der Waals surface area contributed by atoms with E-state index in [0.29, 0.717) is 0 Å². The van der Waals surface area contributed by atoms with Gasteiger partial charge in [0.05, 0.1) is 5.75 Å². The van der Waals surface area contributed by atoms with Gasteiger partial charge in [-0.05, 0) is 21.0 Å². The standard InChI is InChI=1S/C6H15NO6S2/c1-6(4-7(2)3,15(11,12)13)5-14(8,9)10/h4-5H2,1-3H3,(H,8,9,10)(H,11,12,13). The number of rotatable bonds is 5. The first kappa shape index (κ1) is 14.8. The maximum atomic E-state index is 11.0. The molecule has 0 radical (unpaired) electrons. The third kappa shape index (κ3) is 4.89. The first-order chi connectivity index (χ1) is 6.37. The van der Waals surface area contributed by atoms with Crippen molar-refractivity contribution in [2.24, 2.45) is 0 Å². The van der Waals surface area contributed by atoms with Crippen molar-refractivity contribution < 1.29 is 25.9 Å². The summed E-state index contributed by atoms with van der Waals surface area (Å²) in [5.41, 5.74) is 0. The summed E-state index contributed by atoms with van der Waals surface area (Å²) in [6.45, 7) is 0.835. The van der Waals surface area contributed by atoms with Crippen LogP contribution in [-0.4, -0.2) is 62.0 Å². The lowest BCUT2D eigenvalue weighted by atomic mass is 10.2. The fraction of sp³-hybridized carbons (Fsp3) is 1.00. The Morgan fingerprint density at radius 3 is 1.73 bits per heavy atom. The highest BCUT2D eigenvalue weighted by atomic mass is 32.2. The quantitative estimate of drug-likeness (QED) is 0.615. The third-order valence-electron chi connectivity index (χ3n) is 1.76. The van der Waals surface area contributed by atoms with Gasteiger partial charge in [0.15, 0.2) is 0 Å². The summed E-state index contributed by atoms with van der Waals surface area (Å²) >= 11 is 0. The van der Waals surface area contributed by atoms with Crippen LogP contribution in [-0.2, 0) is 20.2 Å². The molecule has 0 amide bonds. The van der Waals surface area contributed by atoms with E-state index in [9.17, 15) is 16.8 Å². The van der Waals surface area contributed by atoms with E-state index in [1.165, 1.54) is 19.0 Å². The molecule has 15 heavy (non-hydrogen) atoms. The molecule has 2 N–H and O–H groups in total. The van der Waals surface area contributed by atoms with Crippen LogP contribution in [0.4, 0.5) is 0 Å². The molecule has 0 aromatic carbocycles. The molecule has 0 aliphatic rings. The molecule has 1 atom stereocenters. The van der Waals surface area contributed by atoms with Crippen LogP contribution >= 0.6 is 0 Å². The smallest absolute Gasteiger partial charge is 0.272 e. The van der Waals surface area contributed by atoms with Gasteiger partial charge in [-0.2, -0.15) is 16.8 Å². The van der Waals surface area contributed by atoms with E-state index in [-0.39, 0.29) is 6.54 Å². The molecule has 0 aliphatic heterocycles. The molecule has 7 nitrogen and oxygen atoms in total. The van der Waals surface area contributed by atoms with Crippen molar-refractivity contribution in [2.75, 3.05) is 26.4 Å². The number of nitrogens with zero attached hydrogens (tertiary/aromatic N) is 1. The summed E-state index contributed by atoms with van der Waals surface area (Å²) in [5.74, 6) is -1.04. The Labute approximate surface area is 89.6 Å². The Hall–Kier alpha value is -0.220. The van der Waals surface area contributed by atoms with Crippen molar-refractivity contribution in [2.45, 2.75) is 11.7 Å². The molecule has 0 saturated heterocycles. The maximum absolute atomic E-state index is 11.0. The van der Waals surface area contributed by atoms with Gasteiger partial charge in [0.25, 0.3) is 20.2 Å². The van der Waals surface area contributed by atoms with Gasteiger partial charge in [0.2, 0.25) is 0 Å². The zero-order chi connectivity index (χ0) is 12.5. The van der Waals surface area contributed by atoms with E-state index in [0.717, 1.165) is 6.92 Å². The lowest BCUT2D eigenvalue weighted by Gasteiger charge is -2.27. The van der Waals surface area contributed by atoms with Crippen LogP contribution in [0.2, 0.25) is 0 Å². The minimum Gasteiger partial charge on any atom is -0.308 e. The highest BCUT2D eigenvalue weighted by Crippen LogP contribution is 2.19. The average Bonchev–Trinajstić information content (AvgIpc) is 1.75. The highest BCUT2D eigenvalue weighted by Gasteiger charge is 2.42. The largest absolute Gasteiger partial charge is 0.308 e. The van der Waals surface area contributed by atoms with Gasteiger partial charge in [-0.15, -0.1) is 0 Å². The molecule has 0 aliphatic carbocycles. The lowest BCUT2D eigenvalue weighted by molar-refractivity contribution is 0.338. The van der Waals surface area contributed by atoms with E-state index in [2.05, 4.69) is 0 Å². The fourth-order valence-electron chi connectivity index (χ4n) is 1.26. The van der Waals surface area contributed by atoms with E-state index >= 15 is 0 Å². The van der Waals surface area contributed by atoms with Gasteiger partial charge in [0, 0.05) is 6.54 Å². The molecule has 1 unspecified atom stereocenters. The summed E-state index contributed by atoms with van der Waals surface area (Å²) in [4.78, 5) is 1.40. The fourth-order valence-corrected chi connectivity index (χ4v) is 3.58. The van der Waals surface area contributed by atoms with Gasteiger partial charge >= 0.3 is 0 Å². The predicted molar refractivity (Wildman–Crippen MR) is 54.9 cm³/mol. The molecule has 92 valence electrons. The Kier molecular flexibility index (Phi) is 4.27. The Balaban J connectivity index is 5.24. The van der Waals surface area contributed by atoms with Gasteiger partial charge in [-0.25, -0.2) is 0 Å². The summed E-state index contributed by atoms with van der Waals surface area (Å²) < 4.78 is 58.9. The van der Waals surface area contributed by atoms with Gasteiger partial charge in [0.1, 0.15) is 4.75 Å². The van der Waals surface area contributed by atoms with Crippen LogP contribution in [0, 0.1) is 0 Å². The molecule has 0 fully saturated rings. The average molecular weight is 261 g/mol. The molecule has 0 heterocycles. The maximum Gasteiger partial charge on any atom is 0.272 e. The van der Waals surface area contributed by atoms with Crippen LogP contribution in [0.3, 0.4) is 0 Å². The minimum absolute atomic E-state index is 0.217. The van der Waals surface area contributed by atoms with E-state index in [4.69, 9.17) is 9.11 Å². The highest BCUT2D eigenvalue weighted by molar-refractivity contribution is 7.90. The number of hydrogen-bond acceptors (Lipinski definition) is 5. The summed E-state index contributed by atoms with van der Waals surface area (Å²) in [7, 11) is -6.01. The molecule has 0 aromatic rings. The van der Waals surface area contributed by atoms with Crippen molar-refractivity contribution in [3.8, 4) is 0 Å². The van der Waals surface area contributed by atoms with E-state index < -0.39 is 30.7 Å². The van der Waals surface area contributed by atoms with Crippen molar-refractivity contribution in [1.29, 1.82) is 0 Å². The van der Waals surface area contributed by atoms with E-state index in [1.54, 1.807) is 0 Å².